The molecule has 0 aliphatic carbocycles. The van der Waals surface area contributed by atoms with Crippen LogP contribution in [0.1, 0.15) is 5.56 Å². The molecule has 1 fully saturated rings. The van der Waals surface area contributed by atoms with Crippen LogP contribution in [-0.2, 0) is 16.1 Å². The molecule has 0 unspecified atom stereocenters. The molecule has 0 spiro atoms. The number of carbonyl (C=O) groups is 2. The van der Waals surface area contributed by atoms with Crippen molar-refractivity contribution < 1.29 is 19.4 Å². The minimum Gasteiger partial charge on any atom is -0.480 e. The summed E-state index contributed by atoms with van der Waals surface area (Å²) in [7, 11) is -1.66. The Kier molecular flexibility index (Phi) is 4.13. The molecule has 0 radical (unpaired) electrons. The van der Waals surface area contributed by atoms with Crippen LogP contribution in [0, 0.1) is 0 Å². The molecule has 1 aliphatic heterocycles. The van der Waals surface area contributed by atoms with Crippen molar-refractivity contribution in [2.24, 2.45) is 0 Å². The van der Waals surface area contributed by atoms with Gasteiger partial charge in [0.05, 0.1) is 8.07 Å². The van der Waals surface area contributed by atoms with Crippen LogP contribution < -0.4 is 0 Å². The van der Waals surface area contributed by atoms with Crippen LogP contribution in [0.4, 0.5) is 4.79 Å². The molecule has 5 nitrogen and oxygen atoms in total. The number of ether oxygens (including phenoxy) is 1. The number of amides is 1. The molecule has 1 saturated heterocycles. The molecule has 108 valence electrons. The van der Waals surface area contributed by atoms with Crippen LogP contribution in [0.2, 0.25) is 19.1 Å². The fourth-order valence-corrected chi connectivity index (χ4v) is 5.33. The van der Waals surface area contributed by atoms with Gasteiger partial charge in [0.2, 0.25) is 0 Å². The lowest BCUT2D eigenvalue weighted by atomic mass is 10.2. The molecule has 0 aromatic heterocycles. The van der Waals surface area contributed by atoms with E-state index >= 15 is 0 Å². The third kappa shape index (κ3) is 3.39. The van der Waals surface area contributed by atoms with Crippen molar-refractivity contribution >= 4 is 20.1 Å². The average Bonchev–Trinajstić information content (AvgIpc) is 2.74. The number of aliphatic carboxylic acids is 1. The topological polar surface area (TPSA) is 66.8 Å². The quantitative estimate of drug-likeness (QED) is 0.869. The van der Waals surface area contributed by atoms with Crippen molar-refractivity contribution in [3.05, 3.63) is 35.9 Å². The summed E-state index contributed by atoms with van der Waals surface area (Å²) in [5.74, 6) is -0.945. The van der Waals surface area contributed by atoms with Gasteiger partial charge in [-0.05, 0) is 11.6 Å². The van der Waals surface area contributed by atoms with Crippen LogP contribution in [-0.4, -0.2) is 42.4 Å². The van der Waals surface area contributed by atoms with Crippen LogP contribution >= 0.6 is 0 Å². The zero-order valence-corrected chi connectivity index (χ0v) is 12.7. The van der Waals surface area contributed by atoms with E-state index in [4.69, 9.17) is 4.74 Å². The number of carboxylic acids is 1. The van der Waals surface area contributed by atoms with Crippen molar-refractivity contribution in [3.8, 4) is 0 Å². The Morgan fingerprint density at radius 3 is 2.60 bits per heavy atom. The van der Waals surface area contributed by atoms with E-state index in [2.05, 4.69) is 13.1 Å². The second-order valence-corrected chi connectivity index (χ2v) is 10.9. The van der Waals surface area contributed by atoms with Gasteiger partial charge >= 0.3 is 12.1 Å². The number of hydrogen-bond acceptors (Lipinski definition) is 3. The highest BCUT2D eigenvalue weighted by molar-refractivity contribution is 6.78. The molecular weight excluding hydrogens is 274 g/mol. The standard InChI is InChI=1S/C14H19NO4Si/c1-20(2)9-12(13(16)17)15(10-20)14(18)19-8-11-6-4-3-5-7-11/h3-7,12H,8-10H2,1-2H3,(H,16,17)/t12-/m0/s1. The molecule has 1 amide bonds. The van der Waals surface area contributed by atoms with Gasteiger partial charge in [-0.15, -0.1) is 0 Å². The molecular formula is C14H19NO4Si. The number of hydrogen-bond donors (Lipinski definition) is 1. The highest BCUT2D eigenvalue weighted by Crippen LogP contribution is 2.27. The normalized spacial score (nSPS) is 20.7. The van der Waals surface area contributed by atoms with Gasteiger partial charge in [0.15, 0.2) is 0 Å². The molecule has 1 aromatic rings. The number of carbonyl (C=O) groups excluding carboxylic acids is 1. The number of nitrogens with zero attached hydrogens (tertiary/aromatic N) is 1. The Morgan fingerprint density at radius 1 is 1.35 bits per heavy atom. The largest absolute Gasteiger partial charge is 0.480 e. The Hall–Kier alpha value is -1.82. The molecule has 6 heteroatoms. The Bertz CT molecular complexity index is 503. The first-order valence-corrected chi connectivity index (χ1v) is 10.0. The van der Waals surface area contributed by atoms with Crippen molar-refractivity contribution in [2.75, 3.05) is 6.17 Å². The summed E-state index contributed by atoms with van der Waals surface area (Å²) in [6, 6.07) is 9.21. The van der Waals surface area contributed by atoms with Gasteiger partial charge < -0.3 is 9.84 Å². The van der Waals surface area contributed by atoms with E-state index < -0.39 is 26.2 Å². The maximum atomic E-state index is 12.1. The highest BCUT2D eigenvalue weighted by atomic mass is 28.3. The minimum absolute atomic E-state index is 0.171. The zero-order valence-electron chi connectivity index (χ0n) is 11.7. The molecule has 1 aromatic carbocycles. The fraction of sp³-hybridized carbons (Fsp3) is 0.429. The van der Waals surface area contributed by atoms with E-state index in [-0.39, 0.29) is 6.61 Å². The third-order valence-corrected chi connectivity index (χ3v) is 6.13. The van der Waals surface area contributed by atoms with Crippen LogP contribution in [0.5, 0.6) is 0 Å². The first-order chi connectivity index (χ1) is 9.39. The summed E-state index contributed by atoms with van der Waals surface area (Å²) < 4.78 is 5.23. The number of rotatable bonds is 3. The van der Waals surface area contributed by atoms with Crippen LogP contribution in [0.3, 0.4) is 0 Å². The summed E-state index contributed by atoms with van der Waals surface area (Å²) in [4.78, 5) is 24.7. The Balaban J connectivity index is 1.99. The van der Waals surface area contributed by atoms with E-state index in [1.165, 1.54) is 4.90 Å². The number of carboxylic acid groups (broad SMARTS) is 1. The predicted octanol–water partition coefficient (Wildman–Crippen LogP) is 2.34. The third-order valence-electron chi connectivity index (χ3n) is 3.45. The Labute approximate surface area is 119 Å². The minimum atomic E-state index is -1.66. The lowest BCUT2D eigenvalue weighted by molar-refractivity contribution is -0.141. The van der Waals surface area contributed by atoms with E-state index in [1.54, 1.807) is 0 Å². The summed E-state index contributed by atoms with van der Waals surface area (Å²) in [6.45, 7) is 4.35. The molecule has 1 heterocycles. The van der Waals surface area contributed by atoms with Gasteiger partial charge in [-0.25, -0.2) is 9.59 Å². The van der Waals surface area contributed by atoms with Gasteiger partial charge in [0, 0.05) is 6.17 Å². The summed E-state index contributed by atoms with van der Waals surface area (Å²) in [6.07, 6.45) is 0.0109. The summed E-state index contributed by atoms with van der Waals surface area (Å²) >= 11 is 0. The van der Waals surface area contributed by atoms with E-state index in [9.17, 15) is 14.7 Å². The lowest BCUT2D eigenvalue weighted by Gasteiger charge is -2.21. The monoisotopic (exact) mass is 293 g/mol. The summed E-state index contributed by atoms with van der Waals surface area (Å²) in [5, 5.41) is 9.22. The van der Waals surface area contributed by atoms with E-state index in [0.29, 0.717) is 12.2 Å². The molecule has 2 rings (SSSR count). The van der Waals surface area contributed by atoms with Crippen molar-refractivity contribution in [2.45, 2.75) is 31.8 Å². The molecule has 1 aliphatic rings. The SMILES string of the molecule is C[Si]1(C)C[C@@H](C(=O)O)N(C(=O)OCc2ccccc2)C1. The van der Waals surface area contributed by atoms with Gasteiger partial charge in [-0.2, -0.15) is 0 Å². The van der Waals surface area contributed by atoms with E-state index in [1.807, 2.05) is 30.3 Å². The average molecular weight is 293 g/mol. The van der Waals surface area contributed by atoms with Crippen molar-refractivity contribution in [3.63, 3.8) is 0 Å². The highest BCUT2D eigenvalue weighted by Gasteiger charge is 2.45. The molecule has 1 atom stereocenters. The maximum absolute atomic E-state index is 12.1. The fourth-order valence-electron chi connectivity index (χ4n) is 2.48. The van der Waals surface area contributed by atoms with Crippen molar-refractivity contribution in [1.82, 2.24) is 4.90 Å². The second kappa shape index (κ2) is 5.66. The lowest BCUT2D eigenvalue weighted by Crippen LogP contribution is -2.41. The maximum Gasteiger partial charge on any atom is 0.410 e. The first-order valence-electron chi connectivity index (χ1n) is 6.59. The zero-order chi connectivity index (χ0) is 14.8. The second-order valence-electron chi connectivity index (χ2n) is 5.89. The van der Waals surface area contributed by atoms with Gasteiger partial charge in [-0.3, -0.25) is 4.90 Å². The van der Waals surface area contributed by atoms with Gasteiger partial charge in [0.1, 0.15) is 12.6 Å². The molecule has 0 bridgehead atoms. The first kappa shape index (κ1) is 14.6. The molecule has 1 N–H and O–H groups in total. The van der Waals surface area contributed by atoms with E-state index in [0.717, 1.165) is 5.56 Å². The molecule has 20 heavy (non-hydrogen) atoms. The van der Waals surface area contributed by atoms with Crippen LogP contribution in [0.15, 0.2) is 30.3 Å². The van der Waals surface area contributed by atoms with Crippen LogP contribution in [0.25, 0.3) is 0 Å². The van der Waals surface area contributed by atoms with Gasteiger partial charge in [-0.1, -0.05) is 43.4 Å². The predicted molar refractivity (Wildman–Crippen MR) is 77.0 cm³/mol. The van der Waals surface area contributed by atoms with Crippen molar-refractivity contribution in [1.29, 1.82) is 0 Å². The smallest absolute Gasteiger partial charge is 0.410 e. The summed E-state index contributed by atoms with van der Waals surface area (Å²) in [5.41, 5.74) is 0.892. The molecule has 0 saturated carbocycles. The number of benzene rings is 1. The van der Waals surface area contributed by atoms with Gasteiger partial charge in [0.25, 0.3) is 0 Å². The Morgan fingerprint density at radius 2 is 2.00 bits per heavy atom.